The Morgan fingerprint density at radius 1 is 0.895 bits per heavy atom. The molecular weight excluding hydrogens is 506 g/mol. The molecule has 38 heavy (non-hydrogen) atoms. The zero-order valence-corrected chi connectivity index (χ0v) is 22.0. The highest BCUT2D eigenvalue weighted by atomic mass is 32.2. The van der Waals surface area contributed by atoms with Gasteiger partial charge in [-0.15, -0.1) is 0 Å². The molecule has 3 aromatic carbocycles. The van der Waals surface area contributed by atoms with Gasteiger partial charge in [0, 0.05) is 24.8 Å². The summed E-state index contributed by atoms with van der Waals surface area (Å²) in [4.78, 5) is 43.8. The van der Waals surface area contributed by atoms with Gasteiger partial charge in [0.15, 0.2) is 10.9 Å². The van der Waals surface area contributed by atoms with Crippen LogP contribution in [0, 0.1) is 0 Å². The molecule has 1 amide bonds. The number of ether oxygens (including phenoxy) is 3. The van der Waals surface area contributed by atoms with Gasteiger partial charge in [-0.1, -0.05) is 11.8 Å². The lowest BCUT2D eigenvalue weighted by molar-refractivity contribution is 0.0936. The Morgan fingerprint density at radius 3 is 2.16 bits per heavy atom. The predicted octanol–water partition coefficient (Wildman–Crippen LogP) is 3.75. The second kappa shape index (κ2) is 12.4. The molecule has 0 unspecified atom stereocenters. The lowest BCUT2D eigenvalue weighted by atomic mass is 10.1. The number of methoxy groups -OCH3 is 3. The Hall–Kier alpha value is -4.15. The van der Waals surface area contributed by atoms with Crippen molar-refractivity contribution in [2.45, 2.75) is 5.16 Å². The third kappa shape index (κ3) is 6.04. The van der Waals surface area contributed by atoms with Crippen LogP contribution in [0.3, 0.4) is 0 Å². The number of nitrogens with zero attached hydrogens (tertiary/aromatic N) is 2. The van der Waals surface area contributed by atoms with Crippen molar-refractivity contribution in [2.24, 2.45) is 0 Å². The van der Waals surface area contributed by atoms with E-state index in [9.17, 15) is 14.4 Å². The molecule has 0 spiro atoms. The largest absolute Gasteiger partial charge is 0.497 e. The van der Waals surface area contributed by atoms with Crippen LogP contribution in [0.2, 0.25) is 0 Å². The van der Waals surface area contributed by atoms with Crippen molar-refractivity contribution >= 4 is 34.4 Å². The van der Waals surface area contributed by atoms with E-state index in [1.54, 1.807) is 88.1 Å². The summed E-state index contributed by atoms with van der Waals surface area (Å²) in [5, 5.41) is 3.44. The van der Waals surface area contributed by atoms with Crippen LogP contribution in [0.5, 0.6) is 11.5 Å². The van der Waals surface area contributed by atoms with Crippen molar-refractivity contribution in [3.05, 3.63) is 88.2 Å². The molecule has 9 nitrogen and oxygen atoms in total. The number of nitrogens with one attached hydrogen (secondary N) is 1. The first kappa shape index (κ1) is 26.9. The van der Waals surface area contributed by atoms with E-state index in [1.807, 2.05) is 0 Å². The van der Waals surface area contributed by atoms with Crippen molar-refractivity contribution in [2.75, 3.05) is 40.2 Å². The monoisotopic (exact) mass is 533 g/mol. The SMILES string of the molecule is COCCNC(=O)c1ccc2c(=O)n(-c3ccc(OC)cc3)c(SCC(=O)c3ccc(OC)cc3)nc2c1. The molecule has 0 aliphatic heterocycles. The van der Waals surface area contributed by atoms with Crippen LogP contribution >= 0.6 is 11.8 Å². The molecule has 1 N–H and O–H groups in total. The minimum atomic E-state index is -0.314. The number of carbonyl (C=O) groups is 2. The number of hydrogen-bond acceptors (Lipinski definition) is 8. The highest BCUT2D eigenvalue weighted by Gasteiger charge is 2.17. The molecule has 4 aromatic rings. The Kier molecular flexibility index (Phi) is 8.77. The van der Waals surface area contributed by atoms with E-state index in [1.165, 1.54) is 4.57 Å². The van der Waals surface area contributed by atoms with E-state index in [2.05, 4.69) is 5.32 Å². The summed E-state index contributed by atoms with van der Waals surface area (Å²) in [5.41, 5.74) is 1.51. The third-order valence-electron chi connectivity index (χ3n) is 5.77. The van der Waals surface area contributed by atoms with Gasteiger partial charge in [-0.2, -0.15) is 0 Å². The van der Waals surface area contributed by atoms with Gasteiger partial charge in [-0.3, -0.25) is 19.0 Å². The maximum absolute atomic E-state index is 13.6. The summed E-state index contributed by atoms with van der Waals surface area (Å²) in [6, 6.07) is 18.6. The molecule has 0 bridgehead atoms. The van der Waals surface area contributed by atoms with Crippen LogP contribution in [0.15, 0.2) is 76.7 Å². The van der Waals surface area contributed by atoms with Crippen molar-refractivity contribution in [1.29, 1.82) is 0 Å². The average Bonchev–Trinajstić information content (AvgIpc) is 2.96. The van der Waals surface area contributed by atoms with Crippen LogP contribution in [-0.4, -0.2) is 61.5 Å². The Labute approximate surface area is 223 Å². The van der Waals surface area contributed by atoms with Crippen molar-refractivity contribution in [3.8, 4) is 17.2 Å². The molecule has 0 aliphatic carbocycles. The number of hydrogen-bond donors (Lipinski definition) is 1. The minimum absolute atomic E-state index is 0.0532. The molecule has 0 saturated heterocycles. The molecule has 10 heteroatoms. The highest BCUT2D eigenvalue weighted by Crippen LogP contribution is 2.24. The zero-order valence-electron chi connectivity index (χ0n) is 21.2. The number of amides is 1. The molecule has 0 radical (unpaired) electrons. The predicted molar refractivity (Wildman–Crippen MR) is 146 cm³/mol. The van der Waals surface area contributed by atoms with E-state index in [-0.39, 0.29) is 23.0 Å². The van der Waals surface area contributed by atoms with Gasteiger partial charge in [0.05, 0.1) is 43.2 Å². The lowest BCUT2D eigenvalue weighted by Gasteiger charge is -2.14. The molecule has 0 saturated carbocycles. The molecule has 196 valence electrons. The van der Waals surface area contributed by atoms with Gasteiger partial charge in [0.2, 0.25) is 0 Å². The first-order chi connectivity index (χ1) is 18.4. The fourth-order valence-electron chi connectivity index (χ4n) is 3.72. The average molecular weight is 534 g/mol. The Bertz CT molecular complexity index is 1500. The van der Waals surface area contributed by atoms with E-state index in [0.717, 1.165) is 11.8 Å². The summed E-state index contributed by atoms with van der Waals surface area (Å²) in [7, 11) is 4.68. The number of rotatable bonds is 11. The molecule has 0 aliphatic rings. The summed E-state index contributed by atoms with van der Waals surface area (Å²) in [6.45, 7) is 0.738. The number of Topliss-reactive ketones (excluding diaryl/α,β-unsaturated/α-hetero) is 1. The van der Waals surface area contributed by atoms with Crippen molar-refractivity contribution < 1.29 is 23.8 Å². The lowest BCUT2D eigenvalue weighted by Crippen LogP contribution is -2.27. The quantitative estimate of drug-likeness (QED) is 0.134. The molecule has 1 aromatic heterocycles. The first-order valence-electron chi connectivity index (χ1n) is 11.7. The Morgan fingerprint density at radius 2 is 1.53 bits per heavy atom. The van der Waals surface area contributed by atoms with Crippen molar-refractivity contribution in [3.63, 3.8) is 0 Å². The normalized spacial score (nSPS) is 10.8. The maximum atomic E-state index is 13.6. The van der Waals surface area contributed by atoms with E-state index >= 15 is 0 Å². The molecule has 4 rings (SSSR count). The molecule has 0 atom stereocenters. The summed E-state index contributed by atoms with van der Waals surface area (Å²) in [6.07, 6.45) is 0. The highest BCUT2D eigenvalue weighted by molar-refractivity contribution is 7.99. The smallest absolute Gasteiger partial charge is 0.266 e. The fourth-order valence-corrected chi connectivity index (χ4v) is 4.63. The number of thioether (sulfide) groups is 1. The topological polar surface area (TPSA) is 109 Å². The van der Waals surface area contributed by atoms with Crippen LogP contribution in [0.1, 0.15) is 20.7 Å². The second-order valence-electron chi connectivity index (χ2n) is 8.15. The molecule has 0 fully saturated rings. The Balaban J connectivity index is 1.72. The number of aromatic nitrogens is 2. The zero-order chi connectivity index (χ0) is 27.1. The van der Waals surface area contributed by atoms with Crippen LogP contribution in [-0.2, 0) is 4.74 Å². The van der Waals surface area contributed by atoms with Gasteiger partial charge in [-0.25, -0.2) is 4.98 Å². The number of carbonyl (C=O) groups excluding carboxylic acids is 2. The molecular formula is C28H27N3O6S. The van der Waals surface area contributed by atoms with Gasteiger partial charge in [-0.05, 0) is 66.7 Å². The first-order valence-corrected chi connectivity index (χ1v) is 12.7. The van der Waals surface area contributed by atoms with Crippen LogP contribution in [0.4, 0.5) is 0 Å². The van der Waals surface area contributed by atoms with Crippen molar-refractivity contribution in [1.82, 2.24) is 14.9 Å². The van der Waals surface area contributed by atoms with Crippen LogP contribution < -0.4 is 20.3 Å². The molecule has 1 heterocycles. The summed E-state index contributed by atoms with van der Waals surface area (Å²) >= 11 is 1.15. The fraction of sp³-hybridized carbons (Fsp3) is 0.214. The van der Waals surface area contributed by atoms with Gasteiger partial charge < -0.3 is 19.5 Å². The number of ketones is 1. The number of benzene rings is 3. The second-order valence-corrected chi connectivity index (χ2v) is 9.10. The van der Waals surface area contributed by atoms with Gasteiger partial charge >= 0.3 is 0 Å². The van der Waals surface area contributed by atoms with Gasteiger partial charge in [0.1, 0.15) is 11.5 Å². The summed E-state index contributed by atoms with van der Waals surface area (Å²) < 4.78 is 16.8. The van der Waals surface area contributed by atoms with E-state index < -0.39 is 0 Å². The van der Waals surface area contributed by atoms with E-state index in [0.29, 0.717) is 57.5 Å². The minimum Gasteiger partial charge on any atom is -0.497 e. The maximum Gasteiger partial charge on any atom is 0.266 e. The van der Waals surface area contributed by atoms with Gasteiger partial charge in [0.25, 0.3) is 11.5 Å². The van der Waals surface area contributed by atoms with Crippen LogP contribution in [0.25, 0.3) is 16.6 Å². The number of fused-ring (bicyclic) bond motifs is 1. The summed E-state index contributed by atoms with van der Waals surface area (Å²) in [5.74, 6) is 0.926. The third-order valence-corrected chi connectivity index (χ3v) is 6.71. The van der Waals surface area contributed by atoms with E-state index in [4.69, 9.17) is 19.2 Å². The standard InChI is InChI=1S/C28H27N3O6S/c1-35-15-14-29-26(33)19-6-13-23-24(16-19)30-28(31(27(23)34)20-7-11-22(37-3)12-8-20)38-17-25(32)18-4-9-21(36-2)10-5-18/h4-13,16H,14-15,17H2,1-3H3,(H,29,33).